The number of amides is 3. The summed E-state index contributed by atoms with van der Waals surface area (Å²) in [6.45, 7) is 8.88. The number of nitrogens with zero attached hydrogens (tertiary/aromatic N) is 2. The number of carbonyl (C=O) groups is 2. The van der Waals surface area contributed by atoms with Crippen molar-refractivity contribution >= 4 is 22.0 Å². The van der Waals surface area contributed by atoms with E-state index in [0.29, 0.717) is 44.2 Å². The van der Waals surface area contributed by atoms with Crippen LogP contribution in [0.25, 0.3) is 0 Å². The minimum absolute atomic E-state index is 0.0426. The summed E-state index contributed by atoms with van der Waals surface area (Å²) >= 11 is 0. The van der Waals surface area contributed by atoms with Crippen molar-refractivity contribution in [2.45, 2.75) is 56.9 Å². The molecule has 2 heterocycles. The quantitative estimate of drug-likeness (QED) is 0.720. The van der Waals surface area contributed by atoms with Crippen LogP contribution in [0, 0.1) is 5.92 Å². The summed E-state index contributed by atoms with van der Waals surface area (Å²) in [5.41, 5.74) is 0.188. The number of sulfonamides is 1. The summed E-state index contributed by atoms with van der Waals surface area (Å²) in [7, 11) is -3.47. The lowest BCUT2D eigenvalue weighted by Gasteiger charge is -2.34. The highest BCUT2D eigenvalue weighted by molar-refractivity contribution is 7.89. The van der Waals surface area contributed by atoms with Crippen molar-refractivity contribution in [2.75, 3.05) is 32.7 Å². The largest absolute Gasteiger partial charge is 0.352 e. The van der Waals surface area contributed by atoms with Crippen molar-refractivity contribution in [3.63, 3.8) is 0 Å². The molecule has 31 heavy (non-hydrogen) atoms. The average molecular weight is 451 g/mol. The summed E-state index contributed by atoms with van der Waals surface area (Å²) in [6, 6.07) is 6.11. The van der Waals surface area contributed by atoms with E-state index in [1.807, 2.05) is 25.7 Å². The first kappa shape index (κ1) is 23.5. The van der Waals surface area contributed by atoms with Crippen LogP contribution in [0.2, 0.25) is 0 Å². The van der Waals surface area contributed by atoms with E-state index in [1.165, 1.54) is 16.4 Å². The summed E-state index contributed by atoms with van der Waals surface area (Å²) < 4.78 is 26.7. The molecule has 8 nitrogen and oxygen atoms in total. The minimum atomic E-state index is -3.47. The Morgan fingerprint density at radius 1 is 1.00 bits per heavy atom. The van der Waals surface area contributed by atoms with Crippen LogP contribution in [0.3, 0.4) is 0 Å². The molecule has 0 atom stereocenters. The molecule has 9 heteroatoms. The van der Waals surface area contributed by atoms with Gasteiger partial charge in [0, 0.05) is 43.8 Å². The van der Waals surface area contributed by atoms with Crippen LogP contribution in [0.5, 0.6) is 0 Å². The molecule has 0 radical (unpaired) electrons. The Bertz CT molecular complexity index is 879. The summed E-state index contributed by atoms with van der Waals surface area (Å²) in [5, 5.41) is 5.93. The number of likely N-dealkylation sites (tertiary alicyclic amines) is 1. The Balaban J connectivity index is 1.47. The van der Waals surface area contributed by atoms with E-state index in [0.717, 1.165) is 25.7 Å². The Morgan fingerprint density at radius 2 is 1.58 bits per heavy atom. The third-order valence-corrected chi connectivity index (χ3v) is 7.67. The van der Waals surface area contributed by atoms with Gasteiger partial charge in [0.1, 0.15) is 0 Å². The van der Waals surface area contributed by atoms with Crippen LogP contribution in [0.4, 0.5) is 4.79 Å². The molecule has 0 aromatic heterocycles. The van der Waals surface area contributed by atoms with Crippen LogP contribution < -0.4 is 10.6 Å². The second-order valence-electron chi connectivity index (χ2n) is 9.46. The second kappa shape index (κ2) is 9.56. The maximum absolute atomic E-state index is 12.6. The molecule has 1 aromatic carbocycles. The molecule has 2 N–H and O–H groups in total. The Morgan fingerprint density at radius 3 is 2.13 bits per heavy atom. The molecule has 0 spiro atoms. The standard InChI is InChI=1S/C22H34N4O4S/c1-22(2,3)24-21(28)25-14-10-17(11-15-25)16-23-20(27)18-6-8-19(9-7-18)31(29,30)26-12-4-5-13-26/h6-9,17H,4-5,10-16H2,1-3H3,(H,23,27)(H,24,28). The maximum Gasteiger partial charge on any atom is 0.317 e. The highest BCUT2D eigenvalue weighted by Crippen LogP contribution is 2.21. The maximum atomic E-state index is 12.6. The highest BCUT2D eigenvalue weighted by atomic mass is 32.2. The van der Waals surface area contributed by atoms with Gasteiger partial charge in [0.05, 0.1) is 4.90 Å². The first-order chi connectivity index (χ1) is 14.6. The van der Waals surface area contributed by atoms with Crippen LogP contribution in [0.1, 0.15) is 56.8 Å². The fourth-order valence-corrected chi connectivity index (χ4v) is 5.45. The van der Waals surface area contributed by atoms with Gasteiger partial charge >= 0.3 is 6.03 Å². The van der Waals surface area contributed by atoms with Gasteiger partial charge in [-0.05, 0) is 76.6 Å². The number of carbonyl (C=O) groups excluding carboxylic acids is 2. The third-order valence-electron chi connectivity index (χ3n) is 5.75. The molecule has 0 unspecified atom stereocenters. The van der Waals surface area contributed by atoms with Gasteiger partial charge in [-0.1, -0.05) is 0 Å². The average Bonchev–Trinajstić information content (AvgIpc) is 3.27. The molecular weight excluding hydrogens is 416 g/mol. The normalized spacial score (nSPS) is 18.7. The first-order valence-corrected chi connectivity index (χ1v) is 12.5. The number of hydrogen-bond donors (Lipinski definition) is 2. The fourth-order valence-electron chi connectivity index (χ4n) is 3.93. The molecule has 3 rings (SSSR count). The highest BCUT2D eigenvalue weighted by Gasteiger charge is 2.28. The van der Waals surface area contributed by atoms with E-state index in [1.54, 1.807) is 12.1 Å². The van der Waals surface area contributed by atoms with Crippen LogP contribution in [0.15, 0.2) is 29.2 Å². The molecule has 2 saturated heterocycles. The van der Waals surface area contributed by atoms with Gasteiger partial charge in [-0.25, -0.2) is 13.2 Å². The smallest absolute Gasteiger partial charge is 0.317 e. The number of nitrogens with one attached hydrogen (secondary N) is 2. The molecule has 0 bridgehead atoms. The SMILES string of the molecule is CC(C)(C)NC(=O)N1CCC(CNC(=O)c2ccc(S(=O)(=O)N3CCCC3)cc2)CC1. The molecule has 172 valence electrons. The van der Waals surface area contributed by atoms with Crippen molar-refractivity contribution < 1.29 is 18.0 Å². The van der Waals surface area contributed by atoms with E-state index in [2.05, 4.69) is 10.6 Å². The lowest BCUT2D eigenvalue weighted by molar-refractivity contribution is 0.0937. The first-order valence-electron chi connectivity index (χ1n) is 11.0. The van der Waals surface area contributed by atoms with Crippen molar-refractivity contribution in [3.05, 3.63) is 29.8 Å². The third kappa shape index (κ3) is 6.20. The zero-order valence-corrected chi connectivity index (χ0v) is 19.5. The van der Waals surface area contributed by atoms with E-state index < -0.39 is 10.0 Å². The van der Waals surface area contributed by atoms with Crippen molar-refractivity contribution in [1.82, 2.24) is 19.8 Å². The number of rotatable bonds is 5. The number of piperidine rings is 1. The van der Waals surface area contributed by atoms with Crippen molar-refractivity contribution in [1.29, 1.82) is 0 Å². The van der Waals surface area contributed by atoms with E-state index in [9.17, 15) is 18.0 Å². The fraction of sp³-hybridized carbons (Fsp3) is 0.636. The van der Waals surface area contributed by atoms with Crippen LogP contribution >= 0.6 is 0 Å². The number of hydrogen-bond acceptors (Lipinski definition) is 4. The van der Waals surface area contributed by atoms with E-state index in [-0.39, 0.29) is 22.4 Å². The Hall–Kier alpha value is -2.13. The minimum Gasteiger partial charge on any atom is -0.352 e. The Kier molecular flexibility index (Phi) is 7.26. The van der Waals surface area contributed by atoms with Gasteiger partial charge in [-0.2, -0.15) is 4.31 Å². The molecule has 0 saturated carbocycles. The van der Waals surface area contributed by atoms with Crippen molar-refractivity contribution in [2.24, 2.45) is 5.92 Å². The molecular formula is C22H34N4O4S. The number of benzene rings is 1. The van der Waals surface area contributed by atoms with Gasteiger partial charge in [0.15, 0.2) is 0 Å². The zero-order chi connectivity index (χ0) is 22.6. The van der Waals surface area contributed by atoms with Gasteiger partial charge in [-0.3, -0.25) is 4.79 Å². The van der Waals surface area contributed by atoms with E-state index >= 15 is 0 Å². The zero-order valence-electron chi connectivity index (χ0n) is 18.7. The van der Waals surface area contributed by atoms with E-state index in [4.69, 9.17) is 0 Å². The van der Waals surface area contributed by atoms with Gasteiger partial charge in [-0.15, -0.1) is 0 Å². The van der Waals surface area contributed by atoms with Crippen LogP contribution in [-0.2, 0) is 10.0 Å². The monoisotopic (exact) mass is 450 g/mol. The second-order valence-corrected chi connectivity index (χ2v) is 11.4. The van der Waals surface area contributed by atoms with Gasteiger partial charge < -0.3 is 15.5 Å². The number of urea groups is 1. The van der Waals surface area contributed by atoms with Crippen molar-refractivity contribution in [3.8, 4) is 0 Å². The van der Waals surface area contributed by atoms with Gasteiger partial charge in [0.25, 0.3) is 5.91 Å². The topological polar surface area (TPSA) is 98.8 Å². The molecule has 1 aromatic rings. The summed E-state index contributed by atoms with van der Waals surface area (Å²) in [5.74, 6) is 0.107. The Labute approximate surface area is 185 Å². The van der Waals surface area contributed by atoms with Crippen LogP contribution in [-0.4, -0.2) is 67.8 Å². The predicted molar refractivity (Wildman–Crippen MR) is 119 cm³/mol. The summed E-state index contributed by atoms with van der Waals surface area (Å²) in [6.07, 6.45) is 3.45. The lowest BCUT2D eigenvalue weighted by Crippen LogP contribution is -2.51. The molecule has 3 amide bonds. The van der Waals surface area contributed by atoms with Gasteiger partial charge in [0.2, 0.25) is 10.0 Å². The molecule has 2 fully saturated rings. The molecule has 0 aliphatic carbocycles. The lowest BCUT2D eigenvalue weighted by atomic mass is 9.96. The summed E-state index contributed by atoms with van der Waals surface area (Å²) in [4.78, 5) is 26.8. The molecule has 2 aliphatic rings. The molecule has 2 aliphatic heterocycles. The predicted octanol–water partition coefficient (Wildman–Crippen LogP) is 2.42.